The molecule has 112 valence electrons. The van der Waals surface area contributed by atoms with E-state index in [1.165, 1.54) is 25.5 Å². The normalized spacial score (nSPS) is 17.5. The number of rotatable bonds is 5. The van der Waals surface area contributed by atoms with Crippen molar-refractivity contribution in [3.05, 3.63) is 36.0 Å². The molecule has 1 atom stereocenters. The number of hydrogen-bond acceptors (Lipinski definition) is 6. The number of piperidine rings is 1. The Kier molecular flexibility index (Phi) is 4.62. The Labute approximate surface area is 127 Å². The number of likely N-dealkylation sites (tertiary alicyclic amines) is 1. The van der Waals surface area contributed by atoms with Gasteiger partial charge in [0.25, 0.3) is 5.91 Å². The maximum atomic E-state index is 12.0. The van der Waals surface area contributed by atoms with E-state index in [0.29, 0.717) is 12.2 Å². The van der Waals surface area contributed by atoms with Crippen molar-refractivity contribution in [1.82, 2.24) is 19.0 Å². The molecule has 7 heteroatoms. The minimum absolute atomic E-state index is 0.0795. The SMILES string of the molecule is O=C(NCC(c1ccco1)N1CCCCC1)c1cnsn1. The second kappa shape index (κ2) is 6.82. The van der Waals surface area contributed by atoms with Crippen LogP contribution in [0, 0.1) is 0 Å². The van der Waals surface area contributed by atoms with E-state index in [1.54, 1.807) is 6.26 Å². The second-order valence-corrected chi connectivity index (χ2v) is 5.69. The lowest BCUT2D eigenvalue weighted by Gasteiger charge is -2.33. The third-order valence-corrected chi connectivity index (χ3v) is 4.23. The summed E-state index contributed by atoms with van der Waals surface area (Å²) in [5.41, 5.74) is 0.372. The molecular formula is C14H18N4O2S. The number of furan rings is 1. The fraction of sp³-hybridized carbons (Fsp3) is 0.500. The zero-order chi connectivity index (χ0) is 14.5. The number of aromatic nitrogens is 2. The van der Waals surface area contributed by atoms with Gasteiger partial charge in [-0.05, 0) is 38.1 Å². The highest BCUT2D eigenvalue weighted by Crippen LogP contribution is 2.24. The van der Waals surface area contributed by atoms with Gasteiger partial charge in [0.05, 0.1) is 30.2 Å². The van der Waals surface area contributed by atoms with Crippen LogP contribution in [0.1, 0.15) is 41.6 Å². The summed E-state index contributed by atoms with van der Waals surface area (Å²) < 4.78 is 13.4. The van der Waals surface area contributed by atoms with Crippen molar-refractivity contribution >= 4 is 17.6 Å². The summed E-state index contributed by atoms with van der Waals surface area (Å²) >= 11 is 1.04. The van der Waals surface area contributed by atoms with E-state index >= 15 is 0 Å². The van der Waals surface area contributed by atoms with Crippen LogP contribution in [0.2, 0.25) is 0 Å². The molecule has 0 aromatic carbocycles. The Morgan fingerprint density at radius 3 is 2.95 bits per heavy atom. The van der Waals surface area contributed by atoms with Gasteiger partial charge >= 0.3 is 0 Å². The molecule has 0 bridgehead atoms. The van der Waals surface area contributed by atoms with E-state index < -0.39 is 0 Å². The Bertz CT molecular complexity index is 550. The van der Waals surface area contributed by atoms with Crippen LogP contribution in [0.15, 0.2) is 29.0 Å². The van der Waals surface area contributed by atoms with Crippen molar-refractivity contribution in [3.8, 4) is 0 Å². The van der Waals surface area contributed by atoms with Gasteiger partial charge in [-0.3, -0.25) is 9.69 Å². The monoisotopic (exact) mass is 306 g/mol. The summed E-state index contributed by atoms with van der Waals surface area (Å²) in [6.07, 6.45) is 6.84. The van der Waals surface area contributed by atoms with Gasteiger partial charge in [0.1, 0.15) is 5.76 Å². The third kappa shape index (κ3) is 3.48. The molecule has 1 aliphatic heterocycles. The van der Waals surface area contributed by atoms with Crippen molar-refractivity contribution in [2.75, 3.05) is 19.6 Å². The molecule has 1 aliphatic rings. The van der Waals surface area contributed by atoms with Crippen molar-refractivity contribution in [3.63, 3.8) is 0 Å². The third-order valence-electron chi connectivity index (χ3n) is 3.75. The topological polar surface area (TPSA) is 71.3 Å². The molecule has 2 aromatic rings. The van der Waals surface area contributed by atoms with Gasteiger partial charge in [0.2, 0.25) is 0 Å². The van der Waals surface area contributed by atoms with Gasteiger partial charge in [-0.15, -0.1) is 0 Å². The highest BCUT2D eigenvalue weighted by molar-refractivity contribution is 6.99. The zero-order valence-corrected chi connectivity index (χ0v) is 12.5. The number of carbonyl (C=O) groups is 1. The number of nitrogens with zero attached hydrogens (tertiary/aromatic N) is 3. The molecular weight excluding hydrogens is 288 g/mol. The van der Waals surface area contributed by atoms with Crippen LogP contribution in [0.3, 0.4) is 0 Å². The Morgan fingerprint density at radius 2 is 2.29 bits per heavy atom. The number of amides is 1. The van der Waals surface area contributed by atoms with E-state index in [2.05, 4.69) is 19.0 Å². The molecule has 0 radical (unpaired) electrons. The van der Waals surface area contributed by atoms with E-state index in [0.717, 1.165) is 30.6 Å². The van der Waals surface area contributed by atoms with E-state index in [4.69, 9.17) is 4.42 Å². The minimum Gasteiger partial charge on any atom is -0.468 e. The van der Waals surface area contributed by atoms with Crippen LogP contribution in [0.5, 0.6) is 0 Å². The average molecular weight is 306 g/mol. The maximum Gasteiger partial charge on any atom is 0.272 e. The highest BCUT2D eigenvalue weighted by atomic mass is 32.1. The molecule has 1 saturated heterocycles. The van der Waals surface area contributed by atoms with Gasteiger partial charge in [0.15, 0.2) is 5.69 Å². The van der Waals surface area contributed by atoms with Crippen molar-refractivity contribution in [2.24, 2.45) is 0 Å². The van der Waals surface area contributed by atoms with E-state index in [1.807, 2.05) is 12.1 Å². The van der Waals surface area contributed by atoms with Gasteiger partial charge in [-0.25, -0.2) is 0 Å². The first-order chi connectivity index (χ1) is 10.3. The smallest absolute Gasteiger partial charge is 0.272 e. The molecule has 2 aromatic heterocycles. The summed E-state index contributed by atoms with van der Waals surface area (Å²) in [5, 5.41) is 2.93. The van der Waals surface area contributed by atoms with Crippen molar-refractivity contribution < 1.29 is 9.21 Å². The summed E-state index contributed by atoms with van der Waals surface area (Å²) in [7, 11) is 0. The summed E-state index contributed by atoms with van der Waals surface area (Å²) in [4.78, 5) is 14.4. The average Bonchev–Trinajstić information content (AvgIpc) is 3.22. The molecule has 0 saturated carbocycles. The fourth-order valence-corrected chi connectivity index (χ4v) is 3.08. The molecule has 0 aliphatic carbocycles. The quantitative estimate of drug-likeness (QED) is 0.916. The zero-order valence-electron chi connectivity index (χ0n) is 11.7. The first kappa shape index (κ1) is 14.2. The Balaban J connectivity index is 1.66. The van der Waals surface area contributed by atoms with E-state index in [9.17, 15) is 4.79 Å². The van der Waals surface area contributed by atoms with E-state index in [-0.39, 0.29) is 11.9 Å². The predicted octanol–water partition coefficient (Wildman–Crippen LogP) is 2.09. The first-order valence-corrected chi connectivity index (χ1v) is 7.91. The number of carbonyl (C=O) groups excluding carboxylic acids is 1. The first-order valence-electron chi connectivity index (χ1n) is 7.18. The number of hydrogen-bond donors (Lipinski definition) is 1. The fourth-order valence-electron chi connectivity index (χ4n) is 2.67. The van der Waals surface area contributed by atoms with Gasteiger partial charge in [0, 0.05) is 6.54 Å². The summed E-state index contributed by atoms with van der Waals surface area (Å²) in [6.45, 7) is 2.60. The largest absolute Gasteiger partial charge is 0.468 e. The van der Waals surface area contributed by atoms with Crippen LogP contribution in [-0.2, 0) is 0 Å². The molecule has 1 amide bonds. The molecule has 1 fully saturated rings. The Morgan fingerprint density at radius 1 is 1.43 bits per heavy atom. The van der Waals surface area contributed by atoms with Gasteiger partial charge < -0.3 is 9.73 Å². The molecule has 0 spiro atoms. The lowest BCUT2D eigenvalue weighted by atomic mass is 10.1. The lowest BCUT2D eigenvalue weighted by molar-refractivity contribution is 0.0910. The van der Waals surface area contributed by atoms with Crippen LogP contribution < -0.4 is 5.32 Å². The van der Waals surface area contributed by atoms with Gasteiger partial charge in [-0.1, -0.05) is 6.42 Å². The van der Waals surface area contributed by atoms with Crippen LogP contribution in [0.25, 0.3) is 0 Å². The molecule has 3 rings (SSSR count). The van der Waals surface area contributed by atoms with Crippen LogP contribution in [-0.4, -0.2) is 39.2 Å². The van der Waals surface area contributed by atoms with Gasteiger partial charge in [-0.2, -0.15) is 8.75 Å². The molecule has 6 nitrogen and oxygen atoms in total. The second-order valence-electron chi connectivity index (χ2n) is 5.13. The highest BCUT2D eigenvalue weighted by Gasteiger charge is 2.25. The molecule has 1 unspecified atom stereocenters. The molecule has 3 heterocycles. The minimum atomic E-state index is -0.183. The standard InChI is InChI=1S/C14H18N4O2S/c19-14(11-9-16-21-17-11)15-10-12(13-5-4-8-20-13)18-6-2-1-3-7-18/h4-5,8-9,12H,1-3,6-7,10H2,(H,15,19). The predicted molar refractivity (Wildman–Crippen MR) is 79.1 cm³/mol. The van der Waals surface area contributed by atoms with Crippen LogP contribution >= 0.6 is 11.7 Å². The van der Waals surface area contributed by atoms with Crippen molar-refractivity contribution in [1.29, 1.82) is 0 Å². The summed E-state index contributed by atoms with van der Waals surface area (Å²) in [6, 6.07) is 3.93. The summed E-state index contributed by atoms with van der Waals surface area (Å²) in [5.74, 6) is 0.714. The maximum absolute atomic E-state index is 12.0. The molecule has 1 N–H and O–H groups in total. The van der Waals surface area contributed by atoms with Crippen LogP contribution in [0.4, 0.5) is 0 Å². The molecule has 21 heavy (non-hydrogen) atoms. The Hall–Kier alpha value is -1.73. The van der Waals surface area contributed by atoms with Crippen molar-refractivity contribution in [2.45, 2.75) is 25.3 Å². The number of nitrogens with one attached hydrogen (secondary N) is 1. The lowest BCUT2D eigenvalue weighted by Crippen LogP contribution is -2.40.